The molecule has 0 spiro atoms. The molecule has 0 aliphatic carbocycles. The van der Waals surface area contributed by atoms with Gasteiger partial charge in [0.1, 0.15) is 17.0 Å². The Morgan fingerprint density at radius 2 is 1.86 bits per heavy atom. The first-order valence-electron chi connectivity index (χ1n) is 12.9. The summed E-state index contributed by atoms with van der Waals surface area (Å²) in [7, 11) is 5.68. The Labute approximate surface area is 277 Å². The van der Waals surface area contributed by atoms with Crippen molar-refractivity contribution in [1.29, 1.82) is 0 Å². The number of aromatic nitrogens is 1. The van der Waals surface area contributed by atoms with Crippen LogP contribution in [0.15, 0.2) is 44.9 Å². The molecule has 5 rings (SSSR count). The first kappa shape index (κ1) is 34.3. The maximum atomic E-state index is 14.1. The number of ether oxygens (including phenoxy) is 1. The molecule has 0 atom stereocenters. The number of hydrogen-bond donors (Lipinski definition) is 4. The Bertz CT molecular complexity index is 1660. The maximum Gasteiger partial charge on any atom is 0.362 e. The number of thiol groups is 1. The number of fused-ring (bicyclic) bond motifs is 1. The van der Waals surface area contributed by atoms with Crippen LogP contribution in [0.3, 0.4) is 0 Å². The molecule has 4 N–H and O–H groups in total. The third-order valence-electron chi connectivity index (χ3n) is 6.96. The van der Waals surface area contributed by atoms with Crippen molar-refractivity contribution in [3.05, 3.63) is 78.7 Å². The minimum absolute atomic E-state index is 0.0757. The number of halogens is 5. The van der Waals surface area contributed by atoms with Crippen LogP contribution in [0.5, 0.6) is 5.75 Å². The Balaban J connectivity index is 0.00000216. The predicted molar refractivity (Wildman–Crippen MR) is 172 cm³/mol. The average molecular weight is 703 g/mol. The molecule has 2 aromatic carbocycles. The van der Waals surface area contributed by atoms with Gasteiger partial charge in [-0.2, -0.15) is 8.78 Å². The van der Waals surface area contributed by atoms with Crippen molar-refractivity contribution in [1.82, 2.24) is 15.2 Å². The molecule has 232 valence electrons. The molecule has 3 amide bonds. The minimum Gasteiger partial charge on any atom is -0.495 e. The van der Waals surface area contributed by atoms with Gasteiger partial charge >= 0.3 is 11.4 Å². The molecule has 2 aliphatic heterocycles. The van der Waals surface area contributed by atoms with E-state index in [4.69, 9.17) is 45.3 Å². The lowest BCUT2D eigenvalue weighted by Crippen LogP contribution is -2.46. The van der Waals surface area contributed by atoms with E-state index in [9.17, 15) is 23.2 Å². The number of anilines is 1. The van der Waals surface area contributed by atoms with Crippen LogP contribution >= 0.6 is 59.0 Å². The van der Waals surface area contributed by atoms with Crippen molar-refractivity contribution < 1.29 is 23.1 Å². The summed E-state index contributed by atoms with van der Waals surface area (Å²) in [5, 5.41) is -0.773. The third-order valence-corrected chi connectivity index (χ3v) is 9.30. The molecule has 0 saturated carbocycles. The monoisotopic (exact) mass is 701 g/mol. The molecule has 9 nitrogen and oxygen atoms in total. The Kier molecular flexibility index (Phi) is 11.1. The molecule has 2 radical (unpaired) electrons. The van der Waals surface area contributed by atoms with E-state index in [1.54, 1.807) is 23.1 Å². The van der Waals surface area contributed by atoms with Crippen LogP contribution in [0, 0.1) is 0 Å². The van der Waals surface area contributed by atoms with Gasteiger partial charge in [0.05, 0.1) is 22.8 Å². The lowest BCUT2D eigenvalue weighted by atomic mass is 10.1. The lowest BCUT2D eigenvalue weighted by molar-refractivity contribution is 0.0740. The second-order valence-electron chi connectivity index (χ2n) is 9.60. The number of nitrogens with zero attached hydrogens (tertiary/aromatic N) is 2. The van der Waals surface area contributed by atoms with E-state index in [0.717, 1.165) is 35.4 Å². The van der Waals surface area contributed by atoms with Crippen molar-refractivity contribution >= 4 is 83.8 Å². The SMILES string of the molecule is COc1cc2c(cc1N1CCCNC1=O)CN(C(=O)c1c(Sc3c(Cl)ccc(CN)c3Cl)cc(C(F)(F)Cl)[nH]c1=O)C2.[B]S. The number of alkyl halides is 3. The van der Waals surface area contributed by atoms with E-state index in [-0.39, 0.29) is 51.1 Å². The van der Waals surface area contributed by atoms with Crippen molar-refractivity contribution in [2.75, 3.05) is 25.1 Å². The van der Waals surface area contributed by atoms with Gasteiger partial charge < -0.3 is 25.7 Å². The highest BCUT2D eigenvalue weighted by atomic mass is 35.5. The molecular formula is C27H25BCl3F2N5O4S2. The van der Waals surface area contributed by atoms with E-state index in [1.165, 1.54) is 18.1 Å². The van der Waals surface area contributed by atoms with Gasteiger partial charge in [-0.25, -0.2) is 17.3 Å². The zero-order valence-corrected chi connectivity index (χ0v) is 27.0. The van der Waals surface area contributed by atoms with E-state index in [2.05, 4.69) is 24.9 Å². The van der Waals surface area contributed by atoms with E-state index >= 15 is 0 Å². The number of urea groups is 1. The van der Waals surface area contributed by atoms with Gasteiger partial charge in [-0.3, -0.25) is 14.5 Å². The zero-order chi connectivity index (χ0) is 32.3. The Morgan fingerprint density at radius 1 is 1.18 bits per heavy atom. The van der Waals surface area contributed by atoms with Crippen LogP contribution in [0.25, 0.3) is 0 Å². The summed E-state index contributed by atoms with van der Waals surface area (Å²) in [6, 6.07) is 7.36. The van der Waals surface area contributed by atoms with Gasteiger partial charge in [0, 0.05) is 42.5 Å². The standard InChI is InChI=1S/C27H24Cl3F2N5O4S.BHS/c1-41-18-8-15-12-36(11-14(15)7-17(18)37-6-2-5-34-26(37)40)25(39)21-19(9-20(27(30,31)32)35-24(21)38)42-23-16(28)4-3-13(10-33)22(23)29;1-2/h3-4,7-9H,2,5-6,10-12,33H2,1H3,(H,34,40)(H,35,38);2H. The lowest BCUT2D eigenvalue weighted by Gasteiger charge is -2.29. The minimum atomic E-state index is -3.92. The van der Waals surface area contributed by atoms with E-state index in [1.807, 2.05) is 4.98 Å². The van der Waals surface area contributed by atoms with Crippen LogP contribution in [0.4, 0.5) is 19.3 Å². The molecule has 3 heterocycles. The number of nitrogens with one attached hydrogen (secondary N) is 2. The van der Waals surface area contributed by atoms with Gasteiger partial charge in [0.25, 0.3) is 11.5 Å². The van der Waals surface area contributed by atoms with Crippen LogP contribution in [-0.4, -0.2) is 49.1 Å². The third kappa shape index (κ3) is 6.95. The molecule has 0 unspecified atom stereocenters. The van der Waals surface area contributed by atoms with Crippen molar-refractivity contribution in [2.24, 2.45) is 5.73 Å². The summed E-state index contributed by atoms with van der Waals surface area (Å²) < 4.78 is 33.8. The number of carbonyl (C=O) groups is 2. The number of hydrogen-bond acceptors (Lipinski definition) is 7. The smallest absolute Gasteiger partial charge is 0.362 e. The molecular weight excluding hydrogens is 678 g/mol. The largest absolute Gasteiger partial charge is 0.495 e. The summed E-state index contributed by atoms with van der Waals surface area (Å²) in [6.45, 7) is 1.35. The van der Waals surface area contributed by atoms with Gasteiger partial charge in [-0.1, -0.05) is 41.0 Å². The molecule has 0 bridgehead atoms. The second kappa shape index (κ2) is 14.2. The molecule has 1 fully saturated rings. The molecule has 2 aliphatic rings. The number of carbonyl (C=O) groups excluding carboxylic acids is 2. The summed E-state index contributed by atoms with van der Waals surface area (Å²) in [5.41, 5.74) is 6.00. The number of H-pyrrole nitrogens is 1. The number of amides is 3. The first-order valence-corrected chi connectivity index (χ1v) is 15.4. The summed E-state index contributed by atoms with van der Waals surface area (Å²) in [4.78, 5) is 44.7. The predicted octanol–water partition coefficient (Wildman–Crippen LogP) is 5.66. The number of aromatic amines is 1. The fourth-order valence-electron chi connectivity index (χ4n) is 4.86. The zero-order valence-electron chi connectivity index (χ0n) is 23.1. The number of pyridine rings is 1. The van der Waals surface area contributed by atoms with Crippen LogP contribution in [0.2, 0.25) is 10.0 Å². The number of methoxy groups -OCH3 is 1. The van der Waals surface area contributed by atoms with Crippen molar-refractivity contribution in [2.45, 2.75) is 41.2 Å². The topological polar surface area (TPSA) is 121 Å². The van der Waals surface area contributed by atoms with Crippen LogP contribution < -0.4 is 26.2 Å². The highest BCUT2D eigenvalue weighted by Gasteiger charge is 2.35. The fourth-order valence-corrected chi connectivity index (χ4v) is 6.70. The molecule has 17 heteroatoms. The number of nitrogens with two attached hydrogens (primary N) is 1. The van der Waals surface area contributed by atoms with Gasteiger partial charge in [0.2, 0.25) is 0 Å². The van der Waals surface area contributed by atoms with E-state index in [0.29, 0.717) is 30.1 Å². The van der Waals surface area contributed by atoms with Gasteiger partial charge in [0.15, 0.2) is 7.12 Å². The highest BCUT2D eigenvalue weighted by molar-refractivity contribution is 8.03. The number of benzene rings is 2. The molecule has 44 heavy (non-hydrogen) atoms. The summed E-state index contributed by atoms with van der Waals surface area (Å²) >= 11 is 21.9. The Morgan fingerprint density at radius 3 is 2.48 bits per heavy atom. The van der Waals surface area contributed by atoms with Gasteiger partial charge in [-0.05, 0) is 59.0 Å². The molecule has 1 aromatic heterocycles. The molecule has 1 saturated heterocycles. The van der Waals surface area contributed by atoms with Gasteiger partial charge in [-0.15, -0.1) is 0 Å². The Hall–Kier alpha value is -2.62. The van der Waals surface area contributed by atoms with Crippen LogP contribution in [-0.2, 0) is 25.0 Å². The summed E-state index contributed by atoms with van der Waals surface area (Å²) in [5.74, 6) is -0.259. The second-order valence-corrected chi connectivity index (χ2v) is 11.9. The number of rotatable bonds is 7. The summed E-state index contributed by atoms with van der Waals surface area (Å²) in [6.07, 6.45) is 0.749. The van der Waals surface area contributed by atoms with E-state index < -0.39 is 22.5 Å². The first-order chi connectivity index (χ1) is 20.9. The fraction of sp³-hybridized carbons (Fsp3) is 0.296. The van der Waals surface area contributed by atoms with Crippen molar-refractivity contribution in [3.63, 3.8) is 0 Å². The molecule has 3 aromatic rings. The quantitative estimate of drug-likeness (QED) is 0.143. The average Bonchev–Trinajstić information content (AvgIpc) is 3.42. The highest BCUT2D eigenvalue weighted by Crippen LogP contribution is 2.43. The maximum absolute atomic E-state index is 14.1. The van der Waals surface area contributed by atoms with Crippen LogP contribution in [0.1, 0.15) is 39.2 Å². The van der Waals surface area contributed by atoms with Crippen molar-refractivity contribution in [3.8, 4) is 5.75 Å². The normalized spacial score (nSPS) is 14.5.